The average Bonchev–Trinajstić information content (AvgIpc) is 3.00. The summed E-state index contributed by atoms with van der Waals surface area (Å²) in [6.07, 6.45) is 4.57. The highest BCUT2D eigenvalue weighted by atomic mass is 79.9. The average molecular weight is 250 g/mol. The van der Waals surface area contributed by atoms with Crippen LogP contribution in [0.4, 0.5) is 0 Å². The van der Waals surface area contributed by atoms with Crippen LogP contribution in [-0.2, 0) is 0 Å². The van der Waals surface area contributed by atoms with Gasteiger partial charge in [0.15, 0.2) is 0 Å². The minimum atomic E-state index is 0.211. The molecule has 0 aromatic heterocycles. The van der Waals surface area contributed by atoms with Gasteiger partial charge in [0.2, 0.25) is 0 Å². The van der Waals surface area contributed by atoms with Crippen LogP contribution >= 0.6 is 15.9 Å². The molecular formula is C13H14Br. The Bertz CT molecular complexity index is 350. The van der Waals surface area contributed by atoms with Crippen molar-refractivity contribution in [1.82, 2.24) is 0 Å². The second-order valence-corrected chi connectivity index (χ2v) is 4.81. The fourth-order valence-electron chi connectivity index (χ4n) is 1.76. The van der Waals surface area contributed by atoms with Crippen LogP contribution in [-0.4, -0.2) is 0 Å². The molecule has 1 aliphatic rings. The summed E-state index contributed by atoms with van der Waals surface area (Å²) in [5, 5.41) is 0. The highest BCUT2D eigenvalue weighted by Gasteiger charge is 2.26. The molecule has 0 heterocycles. The lowest BCUT2D eigenvalue weighted by atomic mass is 9.93. The van der Waals surface area contributed by atoms with Crippen LogP contribution in [0.5, 0.6) is 0 Å². The van der Waals surface area contributed by atoms with Gasteiger partial charge in [0.25, 0.3) is 0 Å². The Labute approximate surface area is 94.2 Å². The van der Waals surface area contributed by atoms with Crippen molar-refractivity contribution in [2.45, 2.75) is 24.7 Å². The lowest BCUT2D eigenvalue weighted by Gasteiger charge is -2.13. The highest BCUT2D eigenvalue weighted by molar-refractivity contribution is 9.10. The third-order valence-electron chi connectivity index (χ3n) is 2.75. The molecule has 1 heteroatoms. The summed E-state index contributed by atoms with van der Waals surface area (Å²) >= 11 is 3.50. The minimum absolute atomic E-state index is 0.211. The zero-order valence-electron chi connectivity index (χ0n) is 8.17. The highest BCUT2D eigenvalue weighted by Crippen LogP contribution is 2.43. The quantitative estimate of drug-likeness (QED) is 0.696. The van der Waals surface area contributed by atoms with Gasteiger partial charge in [-0.2, -0.15) is 0 Å². The molecule has 1 aromatic carbocycles. The summed E-state index contributed by atoms with van der Waals surface area (Å²) in [4.78, 5) is 0. The number of hydrogen-bond acceptors (Lipinski definition) is 0. The van der Waals surface area contributed by atoms with E-state index in [0.717, 1.165) is 10.4 Å². The Morgan fingerprint density at radius 3 is 2.71 bits per heavy atom. The Balaban J connectivity index is 2.42. The van der Waals surface area contributed by atoms with Crippen molar-refractivity contribution in [3.8, 4) is 0 Å². The number of benzene rings is 1. The lowest BCUT2D eigenvalue weighted by molar-refractivity contribution is 0.997. The molecule has 1 unspecified atom stereocenters. The van der Waals surface area contributed by atoms with Gasteiger partial charge in [-0.3, -0.25) is 0 Å². The topological polar surface area (TPSA) is 0 Å². The van der Waals surface area contributed by atoms with Crippen LogP contribution in [0.25, 0.3) is 0 Å². The normalized spacial score (nSPS) is 17.9. The SMILES string of the molecule is [CH2]C(C=C)c1cc(Br)ccc1C1CC1. The summed E-state index contributed by atoms with van der Waals surface area (Å²) in [6, 6.07) is 6.51. The first kappa shape index (κ1) is 9.97. The Hall–Kier alpha value is -0.560. The van der Waals surface area contributed by atoms with E-state index in [0.29, 0.717) is 0 Å². The van der Waals surface area contributed by atoms with E-state index in [1.54, 1.807) is 0 Å². The number of allylic oxidation sites excluding steroid dienone is 1. The van der Waals surface area contributed by atoms with E-state index in [9.17, 15) is 0 Å². The number of hydrogen-bond donors (Lipinski definition) is 0. The van der Waals surface area contributed by atoms with E-state index in [1.165, 1.54) is 24.0 Å². The molecule has 0 nitrogen and oxygen atoms in total. The molecule has 0 bridgehead atoms. The maximum Gasteiger partial charge on any atom is 0.0178 e. The van der Waals surface area contributed by atoms with E-state index in [2.05, 4.69) is 47.6 Å². The maximum absolute atomic E-state index is 4.10. The van der Waals surface area contributed by atoms with Crippen molar-refractivity contribution < 1.29 is 0 Å². The largest absolute Gasteiger partial charge is 0.102 e. The zero-order valence-corrected chi connectivity index (χ0v) is 9.76. The van der Waals surface area contributed by atoms with Gasteiger partial charge in [-0.1, -0.05) is 28.1 Å². The van der Waals surface area contributed by atoms with Crippen molar-refractivity contribution in [1.29, 1.82) is 0 Å². The standard InChI is InChI=1S/C13H14Br/c1-3-9(2)13-8-11(14)6-7-12(13)10-4-5-10/h3,6-10H,1-2,4-5H2. The second kappa shape index (κ2) is 3.90. The van der Waals surface area contributed by atoms with Crippen LogP contribution in [0.15, 0.2) is 35.3 Å². The first-order chi connectivity index (χ1) is 6.72. The van der Waals surface area contributed by atoms with Crippen molar-refractivity contribution in [2.75, 3.05) is 0 Å². The van der Waals surface area contributed by atoms with E-state index in [1.807, 2.05) is 6.08 Å². The molecule has 0 saturated heterocycles. The summed E-state index contributed by atoms with van der Waals surface area (Å²) < 4.78 is 1.13. The molecule has 2 rings (SSSR count). The number of halogens is 1. The smallest absolute Gasteiger partial charge is 0.0178 e. The Morgan fingerprint density at radius 2 is 2.14 bits per heavy atom. The van der Waals surface area contributed by atoms with Gasteiger partial charge in [0.05, 0.1) is 0 Å². The fourth-order valence-corrected chi connectivity index (χ4v) is 2.14. The molecule has 73 valence electrons. The lowest BCUT2D eigenvalue weighted by Crippen LogP contribution is -1.95. The molecule has 0 N–H and O–H groups in total. The van der Waals surface area contributed by atoms with Gasteiger partial charge >= 0.3 is 0 Å². The maximum atomic E-state index is 4.10. The molecular weight excluding hydrogens is 236 g/mol. The predicted octanol–water partition coefficient (Wildman–Crippen LogP) is 4.43. The minimum Gasteiger partial charge on any atom is -0.102 e. The first-order valence-electron chi connectivity index (χ1n) is 4.97. The third kappa shape index (κ3) is 1.93. The van der Waals surface area contributed by atoms with Crippen molar-refractivity contribution in [3.63, 3.8) is 0 Å². The molecule has 14 heavy (non-hydrogen) atoms. The molecule has 1 aliphatic carbocycles. The van der Waals surface area contributed by atoms with E-state index < -0.39 is 0 Å². The van der Waals surface area contributed by atoms with Gasteiger partial charge < -0.3 is 0 Å². The van der Waals surface area contributed by atoms with Crippen LogP contribution in [0.3, 0.4) is 0 Å². The molecule has 1 radical (unpaired) electrons. The van der Waals surface area contributed by atoms with Gasteiger partial charge in [-0.05, 0) is 48.9 Å². The van der Waals surface area contributed by atoms with E-state index >= 15 is 0 Å². The molecule has 1 saturated carbocycles. The van der Waals surface area contributed by atoms with Gasteiger partial charge in [0.1, 0.15) is 0 Å². The zero-order chi connectivity index (χ0) is 10.1. The van der Waals surface area contributed by atoms with Crippen LogP contribution in [0.2, 0.25) is 0 Å². The van der Waals surface area contributed by atoms with E-state index in [-0.39, 0.29) is 5.92 Å². The Morgan fingerprint density at radius 1 is 1.43 bits per heavy atom. The van der Waals surface area contributed by atoms with Crippen molar-refractivity contribution in [3.05, 3.63) is 53.4 Å². The predicted molar refractivity (Wildman–Crippen MR) is 64.4 cm³/mol. The fraction of sp³-hybridized carbons (Fsp3) is 0.308. The Kier molecular flexibility index (Phi) is 2.78. The van der Waals surface area contributed by atoms with Crippen LogP contribution in [0, 0.1) is 6.92 Å². The molecule has 1 atom stereocenters. The van der Waals surface area contributed by atoms with Crippen LogP contribution in [0.1, 0.15) is 35.8 Å². The summed E-state index contributed by atoms with van der Waals surface area (Å²) in [6.45, 7) is 7.91. The molecule has 0 aliphatic heterocycles. The molecule has 1 aromatic rings. The summed E-state index contributed by atoms with van der Waals surface area (Å²) in [5.74, 6) is 0.991. The monoisotopic (exact) mass is 249 g/mol. The number of rotatable bonds is 3. The summed E-state index contributed by atoms with van der Waals surface area (Å²) in [5.41, 5.74) is 2.80. The van der Waals surface area contributed by atoms with Gasteiger partial charge in [0, 0.05) is 10.4 Å². The van der Waals surface area contributed by atoms with Gasteiger partial charge in [-0.25, -0.2) is 0 Å². The van der Waals surface area contributed by atoms with Crippen molar-refractivity contribution in [2.24, 2.45) is 0 Å². The molecule has 1 fully saturated rings. The molecule has 0 spiro atoms. The van der Waals surface area contributed by atoms with E-state index in [4.69, 9.17) is 0 Å². The first-order valence-corrected chi connectivity index (χ1v) is 5.76. The second-order valence-electron chi connectivity index (χ2n) is 3.89. The van der Waals surface area contributed by atoms with Crippen LogP contribution < -0.4 is 0 Å². The van der Waals surface area contributed by atoms with Gasteiger partial charge in [-0.15, -0.1) is 6.58 Å². The summed E-state index contributed by atoms with van der Waals surface area (Å²) in [7, 11) is 0. The van der Waals surface area contributed by atoms with Crippen molar-refractivity contribution >= 4 is 15.9 Å². The third-order valence-corrected chi connectivity index (χ3v) is 3.24. The molecule has 0 amide bonds.